The number of nitrogens with two attached hydrogens (primary N) is 1. The van der Waals surface area contributed by atoms with Crippen molar-refractivity contribution in [2.45, 2.75) is 38.9 Å². The van der Waals surface area contributed by atoms with Crippen LogP contribution in [0.3, 0.4) is 0 Å². The van der Waals surface area contributed by atoms with Gasteiger partial charge < -0.3 is 5.73 Å². The zero-order valence-corrected chi connectivity index (χ0v) is 12.6. The molecule has 1 aromatic carbocycles. The molecule has 1 aliphatic carbocycles. The van der Waals surface area contributed by atoms with Crippen LogP contribution >= 0.6 is 0 Å². The van der Waals surface area contributed by atoms with Gasteiger partial charge >= 0.3 is 0 Å². The lowest BCUT2D eigenvalue weighted by Gasteiger charge is -2.29. The van der Waals surface area contributed by atoms with Gasteiger partial charge in [0.1, 0.15) is 5.82 Å². The van der Waals surface area contributed by atoms with Crippen LogP contribution in [0.2, 0.25) is 0 Å². The van der Waals surface area contributed by atoms with Crippen molar-refractivity contribution in [3.63, 3.8) is 0 Å². The molecule has 3 rings (SSSR count). The molecule has 1 aliphatic rings. The summed E-state index contributed by atoms with van der Waals surface area (Å²) < 4.78 is 0. The number of hydrogen-bond donors (Lipinski definition) is 1. The van der Waals surface area contributed by atoms with Crippen LogP contribution in [0.15, 0.2) is 48.5 Å². The molecule has 0 spiro atoms. The Labute approximate surface area is 126 Å². The summed E-state index contributed by atoms with van der Waals surface area (Å²) in [5.74, 6) is 1.45. The van der Waals surface area contributed by atoms with Crippen LogP contribution < -0.4 is 5.73 Å². The van der Waals surface area contributed by atoms with Crippen molar-refractivity contribution >= 4 is 5.82 Å². The van der Waals surface area contributed by atoms with Gasteiger partial charge in [-0.2, -0.15) is 0 Å². The van der Waals surface area contributed by atoms with Crippen molar-refractivity contribution in [2.24, 2.45) is 5.92 Å². The Morgan fingerprint density at radius 1 is 1.10 bits per heavy atom. The molecular weight excluding hydrogens is 258 g/mol. The number of benzene rings is 1. The van der Waals surface area contributed by atoms with Gasteiger partial charge in [-0.05, 0) is 43.4 Å². The van der Waals surface area contributed by atoms with E-state index in [1.54, 1.807) is 0 Å². The number of nitrogen functional groups attached to an aromatic ring is 1. The first-order chi connectivity index (χ1) is 10.2. The van der Waals surface area contributed by atoms with E-state index in [2.05, 4.69) is 53.2 Å². The van der Waals surface area contributed by atoms with E-state index in [-0.39, 0.29) is 0 Å². The molecule has 21 heavy (non-hydrogen) atoms. The van der Waals surface area contributed by atoms with Gasteiger partial charge in [-0.1, -0.05) is 36.4 Å². The Morgan fingerprint density at radius 3 is 2.52 bits per heavy atom. The quantitative estimate of drug-likeness (QED) is 0.881. The Morgan fingerprint density at radius 2 is 1.86 bits per heavy atom. The van der Waals surface area contributed by atoms with Crippen LogP contribution in [0.1, 0.15) is 31.0 Å². The molecule has 3 nitrogen and oxygen atoms in total. The van der Waals surface area contributed by atoms with Crippen molar-refractivity contribution in [3.05, 3.63) is 59.8 Å². The summed E-state index contributed by atoms with van der Waals surface area (Å²) in [7, 11) is 0. The third-order valence-electron chi connectivity index (χ3n) is 4.30. The number of rotatable bonds is 6. The Kier molecular flexibility index (Phi) is 4.20. The fraction of sp³-hybridized carbons (Fsp3) is 0.389. The van der Waals surface area contributed by atoms with E-state index in [0.717, 1.165) is 24.7 Å². The third kappa shape index (κ3) is 3.82. The van der Waals surface area contributed by atoms with E-state index >= 15 is 0 Å². The summed E-state index contributed by atoms with van der Waals surface area (Å²) in [6.07, 6.45) is 2.72. The molecule has 1 aromatic heterocycles. The van der Waals surface area contributed by atoms with Crippen LogP contribution in [-0.2, 0) is 13.1 Å². The second kappa shape index (κ2) is 6.27. The van der Waals surface area contributed by atoms with Crippen LogP contribution in [0.4, 0.5) is 5.82 Å². The molecule has 1 fully saturated rings. The van der Waals surface area contributed by atoms with Crippen molar-refractivity contribution in [1.82, 2.24) is 9.88 Å². The van der Waals surface area contributed by atoms with Crippen molar-refractivity contribution < 1.29 is 0 Å². The summed E-state index contributed by atoms with van der Waals surface area (Å²) in [5.41, 5.74) is 8.22. The minimum Gasteiger partial charge on any atom is -0.384 e. The highest BCUT2D eigenvalue weighted by molar-refractivity contribution is 5.28. The highest BCUT2D eigenvalue weighted by atomic mass is 15.2. The van der Waals surface area contributed by atoms with Gasteiger partial charge in [-0.15, -0.1) is 0 Å². The zero-order valence-electron chi connectivity index (χ0n) is 12.6. The molecule has 0 aliphatic heterocycles. The first-order valence-electron chi connectivity index (χ1n) is 7.72. The van der Waals surface area contributed by atoms with Gasteiger partial charge in [0.15, 0.2) is 0 Å². The lowest BCUT2D eigenvalue weighted by atomic mass is 10.1. The molecule has 110 valence electrons. The van der Waals surface area contributed by atoms with Crippen molar-refractivity contribution in [3.8, 4) is 0 Å². The van der Waals surface area contributed by atoms with E-state index in [0.29, 0.717) is 11.9 Å². The Hall–Kier alpha value is -1.87. The van der Waals surface area contributed by atoms with Crippen molar-refractivity contribution in [2.75, 3.05) is 5.73 Å². The number of aromatic nitrogens is 1. The first kappa shape index (κ1) is 14.1. The average molecular weight is 281 g/mol. The molecule has 3 heteroatoms. The summed E-state index contributed by atoms with van der Waals surface area (Å²) in [6.45, 7) is 4.17. The molecule has 0 amide bonds. The summed E-state index contributed by atoms with van der Waals surface area (Å²) >= 11 is 0. The zero-order chi connectivity index (χ0) is 14.7. The van der Waals surface area contributed by atoms with Gasteiger partial charge in [0.05, 0.1) is 5.69 Å². The summed E-state index contributed by atoms with van der Waals surface area (Å²) in [4.78, 5) is 6.98. The minimum absolute atomic E-state index is 0.591. The van der Waals surface area contributed by atoms with E-state index < -0.39 is 0 Å². The maximum Gasteiger partial charge on any atom is 0.123 e. The van der Waals surface area contributed by atoms with E-state index in [4.69, 9.17) is 5.73 Å². The van der Waals surface area contributed by atoms with Gasteiger partial charge in [0.25, 0.3) is 0 Å². The van der Waals surface area contributed by atoms with Gasteiger partial charge in [0, 0.05) is 19.1 Å². The largest absolute Gasteiger partial charge is 0.384 e. The molecule has 1 heterocycles. The second-order valence-corrected chi connectivity index (χ2v) is 6.02. The first-order valence-corrected chi connectivity index (χ1v) is 7.72. The van der Waals surface area contributed by atoms with E-state index in [1.165, 1.54) is 18.4 Å². The lowest BCUT2D eigenvalue weighted by molar-refractivity contribution is 0.170. The number of anilines is 1. The number of nitrogens with zero attached hydrogens (tertiary/aromatic N) is 2. The third-order valence-corrected chi connectivity index (χ3v) is 4.30. The minimum atomic E-state index is 0.591. The topological polar surface area (TPSA) is 42.1 Å². The lowest BCUT2D eigenvalue weighted by Crippen LogP contribution is -2.34. The smallest absolute Gasteiger partial charge is 0.123 e. The highest BCUT2D eigenvalue weighted by Gasteiger charge is 2.32. The second-order valence-electron chi connectivity index (χ2n) is 6.02. The van der Waals surface area contributed by atoms with Gasteiger partial charge in [-0.3, -0.25) is 4.90 Å². The van der Waals surface area contributed by atoms with Crippen LogP contribution in [0.5, 0.6) is 0 Å². The average Bonchev–Trinajstić information content (AvgIpc) is 3.32. The molecule has 0 radical (unpaired) electrons. The van der Waals surface area contributed by atoms with Crippen LogP contribution in [0, 0.1) is 5.92 Å². The molecular formula is C18H23N3. The Balaban J connectivity index is 1.75. The number of hydrogen-bond acceptors (Lipinski definition) is 3. The number of pyridine rings is 1. The van der Waals surface area contributed by atoms with Gasteiger partial charge in [0.2, 0.25) is 0 Å². The molecule has 2 aromatic rings. The molecule has 1 saturated carbocycles. The highest BCUT2D eigenvalue weighted by Crippen LogP contribution is 2.36. The monoisotopic (exact) mass is 281 g/mol. The predicted molar refractivity (Wildman–Crippen MR) is 86.5 cm³/mol. The summed E-state index contributed by atoms with van der Waals surface area (Å²) in [6, 6.07) is 17.1. The standard InChI is InChI=1S/C18H23N3/c1-14(16-10-11-16)21(12-15-6-3-2-4-7-15)13-17-8-5-9-18(19)20-17/h2-9,14,16H,10-13H2,1H3,(H2,19,20). The SMILES string of the molecule is CC(C1CC1)N(Cc1ccccc1)Cc1cccc(N)n1. The summed E-state index contributed by atoms with van der Waals surface area (Å²) in [5, 5.41) is 0. The maximum absolute atomic E-state index is 5.81. The molecule has 0 saturated heterocycles. The van der Waals surface area contributed by atoms with E-state index in [9.17, 15) is 0 Å². The fourth-order valence-corrected chi connectivity index (χ4v) is 2.83. The predicted octanol–water partition coefficient (Wildman–Crippen LogP) is 3.46. The normalized spacial score (nSPS) is 16.1. The maximum atomic E-state index is 5.81. The van der Waals surface area contributed by atoms with Crippen molar-refractivity contribution in [1.29, 1.82) is 0 Å². The molecule has 1 atom stereocenters. The fourth-order valence-electron chi connectivity index (χ4n) is 2.83. The van der Waals surface area contributed by atoms with Crippen LogP contribution in [-0.4, -0.2) is 15.9 Å². The van der Waals surface area contributed by atoms with E-state index in [1.807, 2.05) is 12.1 Å². The molecule has 1 unspecified atom stereocenters. The van der Waals surface area contributed by atoms with Crippen LogP contribution in [0.25, 0.3) is 0 Å². The van der Waals surface area contributed by atoms with Gasteiger partial charge in [-0.25, -0.2) is 4.98 Å². The Bertz CT molecular complexity index is 578. The molecule has 0 bridgehead atoms. The molecule has 2 N–H and O–H groups in total.